The number of hydrogen-bond acceptors (Lipinski definition) is 1. The lowest BCUT2D eigenvalue weighted by molar-refractivity contribution is 1.10. The molecule has 0 radical (unpaired) electrons. The van der Waals surface area contributed by atoms with Gasteiger partial charge in [-0.15, -0.1) is 11.3 Å². The molecule has 0 aliphatic carbocycles. The lowest BCUT2D eigenvalue weighted by Crippen LogP contribution is -1.96. The highest BCUT2D eigenvalue weighted by Crippen LogP contribution is 2.39. The number of aromatic nitrogens is 2. The topological polar surface area (TPSA) is 9.86 Å². The van der Waals surface area contributed by atoms with E-state index in [-0.39, 0.29) is 0 Å². The largest absolute Gasteiger partial charge is 0.310 e. The molecule has 0 bridgehead atoms. The first-order valence-corrected chi connectivity index (χ1v) is 13.7. The summed E-state index contributed by atoms with van der Waals surface area (Å²) >= 11 is 1.86. The van der Waals surface area contributed by atoms with E-state index in [9.17, 15) is 0 Å². The van der Waals surface area contributed by atoms with Gasteiger partial charge in [-0.05, 0) is 73.2 Å². The zero-order chi connectivity index (χ0) is 25.4. The Kier molecular flexibility index (Phi) is 4.49. The van der Waals surface area contributed by atoms with E-state index in [0.29, 0.717) is 0 Å². The Morgan fingerprint density at radius 1 is 0.553 bits per heavy atom. The molecule has 0 saturated heterocycles. The molecule has 8 rings (SSSR count). The molecule has 0 atom stereocenters. The van der Waals surface area contributed by atoms with Crippen LogP contribution >= 0.6 is 11.3 Å². The predicted octanol–water partition coefficient (Wildman–Crippen LogP) is 10.0. The van der Waals surface area contributed by atoms with Gasteiger partial charge in [0.05, 0.1) is 16.6 Å². The van der Waals surface area contributed by atoms with E-state index in [1.54, 1.807) is 0 Å². The van der Waals surface area contributed by atoms with E-state index in [4.69, 9.17) is 0 Å². The van der Waals surface area contributed by atoms with Gasteiger partial charge in [0.1, 0.15) is 0 Å². The third-order valence-corrected chi connectivity index (χ3v) is 9.05. The van der Waals surface area contributed by atoms with E-state index < -0.39 is 0 Å². The minimum atomic E-state index is 1.15. The highest BCUT2D eigenvalue weighted by atomic mass is 32.1. The summed E-state index contributed by atoms with van der Waals surface area (Å²) in [5, 5.41) is 6.42. The van der Waals surface area contributed by atoms with Crippen molar-refractivity contribution in [2.24, 2.45) is 0 Å². The SMILES string of the molecule is C=Cc1c(C)c2ccccc2n1-c1ccc2sc3ccc(-n4c5ccccc5c5ccccc54)cc3c2c1. The molecule has 2 nitrogen and oxygen atoms in total. The first-order valence-electron chi connectivity index (χ1n) is 12.9. The second kappa shape index (κ2) is 7.95. The van der Waals surface area contributed by atoms with Crippen LogP contribution in [0.5, 0.6) is 0 Å². The van der Waals surface area contributed by atoms with Crippen LogP contribution in [0.3, 0.4) is 0 Å². The molecule has 0 amide bonds. The number of aryl methyl sites for hydroxylation is 1. The third-order valence-electron chi connectivity index (χ3n) is 7.90. The summed E-state index contributed by atoms with van der Waals surface area (Å²) in [6, 6.07) is 39.8. The van der Waals surface area contributed by atoms with E-state index in [1.165, 1.54) is 69.8 Å². The second-order valence-corrected chi connectivity index (χ2v) is 11.0. The Hall–Kier alpha value is -4.60. The van der Waals surface area contributed by atoms with Crippen molar-refractivity contribution in [3.05, 3.63) is 127 Å². The monoisotopic (exact) mass is 504 g/mol. The van der Waals surface area contributed by atoms with Crippen LogP contribution in [-0.2, 0) is 0 Å². The lowest BCUT2D eigenvalue weighted by Gasteiger charge is -2.10. The third kappa shape index (κ3) is 2.88. The maximum atomic E-state index is 4.14. The van der Waals surface area contributed by atoms with Crippen LogP contribution in [0.25, 0.3) is 70.3 Å². The summed E-state index contributed by atoms with van der Waals surface area (Å²) in [6.45, 7) is 6.33. The number of hydrogen-bond donors (Lipinski definition) is 0. The highest BCUT2D eigenvalue weighted by molar-refractivity contribution is 7.25. The van der Waals surface area contributed by atoms with E-state index in [2.05, 4.69) is 132 Å². The van der Waals surface area contributed by atoms with Crippen molar-refractivity contribution in [1.82, 2.24) is 9.13 Å². The van der Waals surface area contributed by atoms with Crippen molar-refractivity contribution >= 4 is 70.3 Å². The molecule has 38 heavy (non-hydrogen) atoms. The average molecular weight is 505 g/mol. The van der Waals surface area contributed by atoms with Crippen molar-refractivity contribution in [1.29, 1.82) is 0 Å². The van der Waals surface area contributed by atoms with Gasteiger partial charge in [0.2, 0.25) is 0 Å². The summed E-state index contributed by atoms with van der Waals surface area (Å²) < 4.78 is 7.35. The highest BCUT2D eigenvalue weighted by Gasteiger charge is 2.16. The summed E-state index contributed by atoms with van der Waals surface area (Å²) in [6.07, 6.45) is 1.98. The van der Waals surface area contributed by atoms with Crippen LogP contribution in [0.1, 0.15) is 11.3 Å². The molecule has 0 aliphatic rings. The summed E-state index contributed by atoms with van der Waals surface area (Å²) in [4.78, 5) is 0. The molecule has 0 saturated carbocycles. The average Bonchev–Trinajstić information content (AvgIpc) is 3.60. The fourth-order valence-corrected chi connectivity index (χ4v) is 7.24. The van der Waals surface area contributed by atoms with Gasteiger partial charge >= 0.3 is 0 Å². The van der Waals surface area contributed by atoms with Gasteiger partial charge in [0.15, 0.2) is 0 Å². The summed E-state index contributed by atoms with van der Waals surface area (Å²) in [5.74, 6) is 0. The molecule has 5 aromatic carbocycles. The number of rotatable bonds is 3. The molecule has 3 heteroatoms. The zero-order valence-electron chi connectivity index (χ0n) is 21.0. The first kappa shape index (κ1) is 21.5. The Morgan fingerprint density at radius 2 is 1.03 bits per heavy atom. The fraction of sp³-hybridized carbons (Fsp3) is 0.0286. The number of benzene rings is 5. The van der Waals surface area contributed by atoms with E-state index >= 15 is 0 Å². The Labute approximate surface area is 224 Å². The van der Waals surface area contributed by atoms with Crippen LogP contribution < -0.4 is 0 Å². The van der Waals surface area contributed by atoms with Crippen molar-refractivity contribution < 1.29 is 0 Å². The predicted molar refractivity (Wildman–Crippen MR) is 165 cm³/mol. The zero-order valence-corrected chi connectivity index (χ0v) is 21.8. The quantitative estimate of drug-likeness (QED) is 0.226. The minimum Gasteiger partial charge on any atom is -0.310 e. The van der Waals surface area contributed by atoms with Crippen molar-refractivity contribution in [3.8, 4) is 11.4 Å². The van der Waals surface area contributed by atoms with Crippen LogP contribution in [0.4, 0.5) is 0 Å². The molecule has 3 heterocycles. The van der Waals surface area contributed by atoms with Crippen molar-refractivity contribution in [2.45, 2.75) is 6.92 Å². The molecule has 8 aromatic rings. The number of nitrogens with zero attached hydrogens (tertiary/aromatic N) is 2. The molecular formula is C35H24N2S. The second-order valence-electron chi connectivity index (χ2n) is 9.90. The molecular weight excluding hydrogens is 480 g/mol. The minimum absolute atomic E-state index is 1.15. The van der Waals surface area contributed by atoms with Gasteiger partial charge in [-0.2, -0.15) is 0 Å². The molecule has 0 spiro atoms. The number of para-hydroxylation sites is 3. The molecule has 0 N–H and O–H groups in total. The Bertz CT molecular complexity index is 2170. The maximum Gasteiger partial charge on any atom is 0.0541 e. The molecule has 0 unspecified atom stereocenters. The Morgan fingerprint density at radius 3 is 1.58 bits per heavy atom. The number of thiophene rings is 1. The van der Waals surface area contributed by atoms with Crippen molar-refractivity contribution in [3.63, 3.8) is 0 Å². The molecule has 3 aromatic heterocycles. The Balaban J connectivity index is 1.40. The molecule has 0 aliphatic heterocycles. The lowest BCUT2D eigenvalue weighted by atomic mass is 10.1. The van der Waals surface area contributed by atoms with Crippen LogP contribution in [-0.4, -0.2) is 9.13 Å². The van der Waals surface area contributed by atoms with Gasteiger partial charge in [0, 0.05) is 53.4 Å². The first-order chi connectivity index (χ1) is 18.7. The normalized spacial score (nSPS) is 11.9. The number of fused-ring (bicyclic) bond motifs is 7. The smallest absolute Gasteiger partial charge is 0.0541 e. The van der Waals surface area contributed by atoms with Gasteiger partial charge in [-0.1, -0.05) is 61.2 Å². The van der Waals surface area contributed by atoms with Gasteiger partial charge in [0.25, 0.3) is 0 Å². The van der Waals surface area contributed by atoms with Crippen LogP contribution in [0.15, 0.2) is 116 Å². The molecule has 180 valence electrons. The van der Waals surface area contributed by atoms with Gasteiger partial charge in [-0.3, -0.25) is 0 Å². The van der Waals surface area contributed by atoms with Crippen LogP contribution in [0.2, 0.25) is 0 Å². The van der Waals surface area contributed by atoms with Crippen molar-refractivity contribution in [2.75, 3.05) is 0 Å². The van der Waals surface area contributed by atoms with Gasteiger partial charge < -0.3 is 9.13 Å². The van der Waals surface area contributed by atoms with E-state index in [0.717, 1.165) is 5.69 Å². The fourth-order valence-electron chi connectivity index (χ4n) is 6.18. The standard InChI is InChI=1S/C35H24N2S/c1-3-30-22(2)25-10-4-7-13-31(25)36(30)23-16-18-34-28(20-23)29-21-24(17-19-35(29)38-34)37-32-14-8-5-11-26(32)27-12-6-9-15-33(27)37/h3-21H,1H2,2H3. The molecule has 0 fully saturated rings. The van der Waals surface area contributed by atoms with Gasteiger partial charge in [-0.25, -0.2) is 0 Å². The summed E-state index contributed by atoms with van der Waals surface area (Å²) in [7, 11) is 0. The summed E-state index contributed by atoms with van der Waals surface area (Å²) in [5.41, 5.74) is 8.45. The maximum absolute atomic E-state index is 4.14. The van der Waals surface area contributed by atoms with Crippen LogP contribution in [0, 0.1) is 6.92 Å². The van der Waals surface area contributed by atoms with E-state index in [1.807, 2.05) is 17.4 Å².